The van der Waals surface area contributed by atoms with E-state index in [2.05, 4.69) is 5.32 Å². The zero-order valence-electron chi connectivity index (χ0n) is 7.45. The number of rotatable bonds is 6. The van der Waals surface area contributed by atoms with Crippen LogP contribution in [-0.2, 0) is 10.0 Å². The van der Waals surface area contributed by atoms with E-state index in [1.807, 2.05) is 0 Å². The van der Waals surface area contributed by atoms with Crippen molar-refractivity contribution < 1.29 is 13.5 Å². The molecule has 0 saturated carbocycles. The van der Waals surface area contributed by atoms with Crippen molar-refractivity contribution in [3.8, 4) is 0 Å². The lowest BCUT2D eigenvalue weighted by Crippen LogP contribution is -2.34. The topological polar surface area (TPSA) is 69.6 Å². The third-order valence-electron chi connectivity index (χ3n) is 1.50. The predicted octanol–water partition coefficient (Wildman–Crippen LogP) is -1.54. The smallest absolute Gasteiger partial charge is 0.215 e. The van der Waals surface area contributed by atoms with E-state index in [9.17, 15) is 8.42 Å². The van der Waals surface area contributed by atoms with Crippen LogP contribution in [0.1, 0.15) is 0 Å². The number of hydrogen-bond acceptors (Lipinski definition) is 4. The van der Waals surface area contributed by atoms with E-state index in [0.717, 1.165) is 4.31 Å². The van der Waals surface area contributed by atoms with E-state index in [1.165, 1.54) is 7.05 Å². The number of sulfonamides is 1. The van der Waals surface area contributed by atoms with Crippen LogP contribution in [0, 0.1) is 0 Å². The largest absolute Gasteiger partial charge is 0.395 e. The Hall–Kier alpha value is -0.170. The molecular weight excluding hydrogens is 180 g/mol. The Kier molecular flexibility index (Phi) is 5.39. The number of aliphatic hydroxyl groups excluding tert-OH is 1. The maximum atomic E-state index is 11.3. The summed E-state index contributed by atoms with van der Waals surface area (Å²) in [6.07, 6.45) is 0. The molecule has 0 saturated heterocycles. The molecule has 74 valence electrons. The Balaban J connectivity index is 4.01. The van der Waals surface area contributed by atoms with Gasteiger partial charge in [-0.25, -0.2) is 12.7 Å². The van der Waals surface area contributed by atoms with Gasteiger partial charge >= 0.3 is 0 Å². The first-order chi connectivity index (χ1) is 5.54. The normalized spacial score (nSPS) is 12.3. The van der Waals surface area contributed by atoms with Gasteiger partial charge in [0.2, 0.25) is 10.0 Å². The summed E-state index contributed by atoms with van der Waals surface area (Å²) in [5.41, 5.74) is 0. The van der Waals surface area contributed by atoms with Crippen LogP contribution < -0.4 is 5.32 Å². The summed E-state index contributed by atoms with van der Waals surface area (Å²) in [7, 11) is -0.0182. The first-order valence-corrected chi connectivity index (χ1v) is 5.35. The summed E-state index contributed by atoms with van der Waals surface area (Å²) in [5, 5.41) is 11.3. The SMILES string of the molecule is CNCCS(=O)(=O)N(C)CCO. The van der Waals surface area contributed by atoms with Gasteiger partial charge in [-0.3, -0.25) is 0 Å². The second-order valence-electron chi connectivity index (χ2n) is 2.46. The molecule has 0 aliphatic heterocycles. The Bertz CT molecular complexity index is 203. The zero-order chi connectivity index (χ0) is 9.61. The minimum atomic E-state index is -3.17. The van der Waals surface area contributed by atoms with Crippen molar-refractivity contribution in [1.29, 1.82) is 0 Å². The van der Waals surface area contributed by atoms with Gasteiger partial charge in [-0.1, -0.05) is 0 Å². The molecule has 0 unspecified atom stereocenters. The van der Waals surface area contributed by atoms with Crippen molar-refractivity contribution in [3.05, 3.63) is 0 Å². The minimum absolute atomic E-state index is 0.0694. The molecule has 0 fully saturated rings. The number of nitrogens with one attached hydrogen (secondary N) is 1. The molecule has 0 heterocycles. The number of aliphatic hydroxyl groups is 1. The Morgan fingerprint density at radius 2 is 2.08 bits per heavy atom. The van der Waals surface area contributed by atoms with E-state index < -0.39 is 10.0 Å². The number of nitrogens with zero attached hydrogens (tertiary/aromatic N) is 1. The van der Waals surface area contributed by atoms with Crippen LogP contribution in [0.4, 0.5) is 0 Å². The number of hydrogen-bond donors (Lipinski definition) is 2. The van der Waals surface area contributed by atoms with Crippen molar-refractivity contribution >= 4 is 10.0 Å². The molecule has 0 aromatic rings. The highest BCUT2D eigenvalue weighted by Crippen LogP contribution is 1.95. The lowest BCUT2D eigenvalue weighted by Gasteiger charge is -2.15. The average molecular weight is 196 g/mol. The van der Waals surface area contributed by atoms with Crippen LogP contribution in [0.25, 0.3) is 0 Å². The van der Waals surface area contributed by atoms with Crippen molar-refractivity contribution in [2.24, 2.45) is 0 Å². The van der Waals surface area contributed by atoms with E-state index >= 15 is 0 Å². The van der Waals surface area contributed by atoms with E-state index in [1.54, 1.807) is 7.05 Å². The third kappa shape index (κ3) is 4.01. The van der Waals surface area contributed by atoms with E-state index in [0.29, 0.717) is 6.54 Å². The van der Waals surface area contributed by atoms with Gasteiger partial charge in [-0.05, 0) is 7.05 Å². The average Bonchev–Trinajstić information content (AvgIpc) is 2.01. The Labute approximate surface area is 73.4 Å². The number of likely N-dealkylation sites (N-methyl/N-ethyl adjacent to an activating group) is 1. The zero-order valence-corrected chi connectivity index (χ0v) is 8.26. The Morgan fingerprint density at radius 3 is 2.50 bits per heavy atom. The van der Waals surface area contributed by atoms with Gasteiger partial charge in [-0.2, -0.15) is 0 Å². The molecular formula is C6H16N2O3S. The lowest BCUT2D eigenvalue weighted by atomic mass is 10.7. The second kappa shape index (κ2) is 5.47. The predicted molar refractivity (Wildman–Crippen MR) is 47.4 cm³/mol. The molecule has 0 amide bonds. The highest BCUT2D eigenvalue weighted by molar-refractivity contribution is 7.89. The summed E-state index contributed by atoms with van der Waals surface area (Å²) >= 11 is 0. The molecule has 0 aromatic heterocycles. The van der Waals surface area contributed by atoms with Gasteiger partial charge < -0.3 is 10.4 Å². The fourth-order valence-corrected chi connectivity index (χ4v) is 1.80. The molecule has 0 aliphatic carbocycles. The van der Waals surface area contributed by atoms with Crippen LogP contribution in [0.15, 0.2) is 0 Å². The molecule has 0 radical (unpaired) electrons. The highest BCUT2D eigenvalue weighted by atomic mass is 32.2. The standard InChI is InChI=1S/C6H16N2O3S/c1-7-3-6-12(10,11)8(2)4-5-9/h7,9H,3-6H2,1-2H3. The van der Waals surface area contributed by atoms with Gasteiger partial charge in [0, 0.05) is 20.1 Å². The van der Waals surface area contributed by atoms with Crippen LogP contribution >= 0.6 is 0 Å². The van der Waals surface area contributed by atoms with Crippen molar-refractivity contribution in [1.82, 2.24) is 9.62 Å². The summed E-state index contributed by atoms with van der Waals surface area (Å²) in [5.74, 6) is 0.0694. The van der Waals surface area contributed by atoms with Crippen molar-refractivity contribution in [2.75, 3.05) is 39.5 Å². The third-order valence-corrected chi connectivity index (χ3v) is 3.35. The van der Waals surface area contributed by atoms with Crippen molar-refractivity contribution in [2.45, 2.75) is 0 Å². The quantitative estimate of drug-likeness (QED) is 0.540. The van der Waals surface area contributed by atoms with E-state index in [-0.39, 0.29) is 18.9 Å². The minimum Gasteiger partial charge on any atom is -0.395 e. The fourth-order valence-electron chi connectivity index (χ4n) is 0.667. The van der Waals surface area contributed by atoms with Gasteiger partial charge in [0.15, 0.2) is 0 Å². The summed E-state index contributed by atoms with van der Waals surface area (Å²) < 4.78 is 23.7. The first-order valence-electron chi connectivity index (χ1n) is 3.74. The molecule has 2 N–H and O–H groups in total. The summed E-state index contributed by atoms with van der Waals surface area (Å²) in [6, 6.07) is 0. The molecule has 0 atom stereocenters. The second-order valence-corrected chi connectivity index (χ2v) is 4.66. The maximum absolute atomic E-state index is 11.3. The van der Waals surface area contributed by atoms with Crippen LogP contribution in [-0.4, -0.2) is 57.4 Å². The monoisotopic (exact) mass is 196 g/mol. The molecule has 6 heteroatoms. The molecule has 12 heavy (non-hydrogen) atoms. The molecule has 0 spiro atoms. The van der Waals surface area contributed by atoms with Gasteiger partial charge in [0.25, 0.3) is 0 Å². The molecule has 5 nitrogen and oxygen atoms in total. The molecule has 0 aliphatic rings. The summed E-state index contributed by atoms with van der Waals surface area (Å²) in [4.78, 5) is 0. The van der Waals surface area contributed by atoms with Gasteiger partial charge in [0.05, 0.1) is 12.4 Å². The Morgan fingerprint density at radius 1 is 1.50 bits per heavy atom. The molecule has 0 aromatic carbocycles. The molecule has 0 rings (SSSR count). The highest BCUT2D eigenvalue weighted by Gasteiger charge is 2.15. The fraction of sp³-hybridized carbons (Fsp3) is 1.00. The van der Waals surface area contributed by atoms with Crippen LogP contribution in [0.2, 0.25) is 0 Å². The maximum Gasteiger partial charge on any atom is 0.215 e. The van der Waals surface area contributed by atoms with Crippen LogP contribution in [0.3, 0.4) is 0 Å². The van der Waals surface area contributed by atoms with Gasteiger partial charge in [0.1, 0.15) is 0 Å². The van der Waals surface area contributed by atoms with Crippen LogP contribution in [0.5, 0.6) is 0 Å². The summed E-state index contributed by atoms with van der Waals surface area (Å²) in [6.45, 7) is 0.444. The van der Waals surface area contributed by atoms with Gasteiger partial charge in [-0.15, -0.1) is 0 Å². The van der Waals surface area contributed by atoms with Crippen molar-refractivity contribution in [3.63, 3.8) is 0 Å². The van der Waals surface area contributed by atoms with E-state index in [4.69, 9.17) is 5.11 Å². The lowest BCUT2D eigenvalue weighted by molar-refractivity contribution is 0.266. The molecule has 0 bridgehead atoms. The first kappa shape index (κ1) is 11.8.